The van der Waals surface area contributed by atoms with E-state index in [1.807, 2.05) is 13.8 Å². The summed E-state index contributed by atoms with van der Waals surface area (Å²) in [6.07, 6.45) is 0.986. The maximum Gasteiger partial charge on any atom is 0.240 e. The fourth-order valence-electron chi connectivity index (χ4n) is 1.78. The topological polar surface area (TPSA) is 92.4 Å². The molecule has 0 aliphatic carbocycles. The molecule has 0 spiro atoms. The van der Waals surface area contributed by atoms with Gasteiger partial charge in [-0.1, -0.05) is 13.8 Å². The van der Waals surface area contributed by atoms with Gasteiger partial charge in [0.15, 0.2) is 0 Å². The lowest BCUT2D eigenvalue weighted by Crippen LogP contribution is -2.42. The Hall–Kier alpha value is -1.11. The molecule has 19 heavy (non-hydrogen) atoms. The smallest absolute Gasteiger partial charge is 0.240 e. The van der Waals surface area contributed by atoms with Crippen molar-refractivity contribution in [3.63, 3.8) is 0 Å². The average Bonchev–Trinajstić information content (AvgIpc) is 2.35. The predicted molar refractivity (Wildman–Crippen MR) is 76.3 cm³/mol. The molecule has 0 fully saturated rings. The van der Waals surface area contributed by atoms with Crippen LogP contribution in [0.2, 0.25) is 0 Å². The third-order valence-corrected chi connectivity index (χ3v) is 4.96. The van der Waals surface area contributed by atoms with Crippen molar-refractivity contribution in [3.8, 4) is 0 Å². The molecule has 1 aromatic rings. The molecule has 0 radical (unpaired) electrons. The van der Waals surface area contributed by atoms with Gasteiger partial charge in [-0.15, -0.1) is 0 Å². The van der Waals surface area contributed by atoms with Gasteiger partial charge in [0.1, 0.15) is 0 Å². The van der Waals surface area contributed by atoms with Crippen LogP contribution in [0.4, 0.5) is 5.69 Å². The van der Waals surface area contributed by atoms with E-state index in [0.717, 1.165) is 0 Å². The maximum absolute atomic E-state index is 12.2. The van der Waals surface area contributed by atoms with Gasteiger partial charge in [0, 0.05) is 12.2 Å². The van der Waals surface area contributed by atoms with E-state index in [0.29, 0.717) is 24.1 Å². The highest BCUT2D eigenvalue weighted by Crippen LogP contribution is 2.19. The van der Waals surface area contributed by atoms with E-state index in [1.54, 1.807) is 19.1 Å². The molecule has 0 aliphatic rings. The molecule has 1 rings (SSSR count). The molecule has 0 saturated carbocycles. The van der Waals surface area contributed by atoms with Gasteiger partial charge in [0.25, 0.3) is 0 Å². The van der Waals surface area contributed by atoms with Crippen molar-refractivity contribution in [2.45, 2.75) is 44.1 Å². The lowest BCUT2D eigenvalue weighted by Gasteiger charge is -2.25. The minimum atomic E-state index is -3.63. The second-order valence-corrected chi connectivity index (χ2v) is 6.52. The van der Waals surface area contributed by atoms with Gasteiger partial charge in [-0.2, -0.15) is 0 Å². The van der Waals surface area contributed by atoms with Crippen LogP contribution in [-0.4, -0.2) is 25.7 Å². The largest absolute Gasteiger partial charge is 0.399 e. The molecule has 0 bridgehead atoms. The lowest BCUT2D eigenvalue weighted by atomic mass is 9.98. The van der Waals surface area contributed by atoms with Crippen LogP contribution >= 0.6 is 0 Å². The fourth-order valence-corrected chi connectivity index (χ4v) is 3.13. The van der Waals surface area contributed by atoms with Crippen LogP contribution in [0.5, 0.6) is 0 Å². The summed E-state index contributed by atoms with van der Waals surface area (Å²) in [6.45, 7) is 5.35. The number of nitrogens with two attached hydrogens (primary N) is 1. The normalized spacial score (nSPS) is 12.6. The first kappa shape index (κ1) is 15.9. The third-order valence-electron chi connectivity index (χ3n) is 3.40. The highest BCUT2D eigenvalue weighted by Gasteiger charge is 2.26. The summed E-state index contributed by atoms with van der Waals surface area (Å²) < 4.78 is 26.8. The molecule has 0 unspecified atom stereocenters. The predicted octanol–water partition coefficient (Wildman–Crippen LogP) is 1.41. The summed E-state index contributed by atoms with van der Waals surface area (Å²) in [4.78, 5) is 0.191. The van der Waals surface area contributed by atoms with Gasteiger partial charge in [0.2, 0.25) is 10.0 Å². The number of benzene rings is 1. The highest BCUT2D eigenvalue weighted by atomic mass is 32.2. The first-order valence-corrected chi connectivity index (χ1v) is 7.80. The van der Waals surface area contributed by atoms with Crippen molar-refractivity contribution >= 4 is 15.7 Å². The Kier molecular flexibility index (Phi) is 4.95. The molecule has 6 heteroatoms. The zero-order chi connectivity index (χ0) is 14.7. The third kappa shape index (κ3) is 3.92. The summed E-state index contributed by atoms with van der Waals surface area (Å²) in [7, 11) is -3.63. The molecule has 0 aliphatic heterocycles. The average molecular weight is 286 g/mol. The van der Waals surface area contributed by atoms with Gasteiger partial charge in [-0.25, -0.2) is 13.1 Å². The number of nitrogens with one attached hydrogen (secondary N) is 1. The first-order chi connectivity index (χ1) is 8.74. The van der Waals surface area contributed by atoms with E-state index in [9.17, 15) is 13.5 Å². The molecular weight excluding hydrogens is 264 g/mol. The maximum atomic E-state index is 12.2. The fraction of sp³-hybridized carbons (Fsp3) is 0.538. The summed E-state index contributed by atoms with van der Waals surface area (Å²) in [5.74, 6) is 0. The van der Waals surface area contributed by atoms with Crippen molar-refractivity contribution in [1.82, 2.24) is 4.72 Å². The van der Waals surface area contributed by atoms with Crippen LogP contribution in [0.15, 0.2) is 23.1 Å². The summed E-state index contributed by atoms with van der Waals surface area (Å²) in [5, 5.41) is 10.1. The van der Waals surface area contributed by atoms with Crippen LogP contribution in [-0.2, 0) is 10.0 Å². The van der Waals surface area contributed by atoms with E-state index in [1.165, 1.54) is 6.07 Å². The number of rotatable bonds is 6. The quantitative estimate of drug-likeness (QED) is 0.689. The van der Waals surface area contributed by atoms with Crippen molar-refractivity contribution < 1.29 is 13.5 Å². The highest BCUT2D eigenvalue weighted by molar-refractivity contribution is 7.89. The molecule has 4 N–H and O–H groups in total. The van der Waals surface area contributed by atoms with Crippen LogP contribution < -0.4 is 10.5 Å². The number of hydrogen-bond donors (Lipinski definition) is 3. The van der Waals surface area contributed by atoms with E-state index >= 15 is 0 Å². The van der Waals surface area contributed by atoms with E-state index in [4.69, 9.17) is 5.73 Å². The Morgan fingerprint density at radius 3 is 2.37 bits per heavy atom. The molecule has 0 heterocycles. The van der Waals surface area contributed by atoms with Crippen LogP contribution in [0.1, 0.15) is 32.3 Å². The zero-order valence-electron chi connectivity index (χ0n) is 11.6. The van der Waals surface area contributed by atoms with Crippen LogP contribution in [0.25, 0.3) is 0 Å². The number of hydrogen-bond acceptors (Lipinski definition) is 4. The van der Waals surface area contributed by atoms with E-state index in [2.05, 4.69) is 4.72 Å². The zero-order valence-corrected chi connectivity index (χ0v) is 12.4. The van der Waals surface area contributed by atoms with Crippen molar-refractivity contribution in [2.24, 2.45) is 0 Å². The molecular formula is C13H22N2O3S. The van der Waals surface area contributed by atoms with E-state index < -0.39 is 15.6 Å². The Labute approximate surface area is 114 Å². The molecule has 0 aromatic heterocycles. The molecule has 0 atom stereocenters. The van der Waals surface area contributed by atoms with Gasteiger partial charge in [-0.3, -0.25) is 0 Å². The molecule has 0 saturated heterocycles. The van der Waals surface area contributed by atoms with Crippen molar-refractivity contribution in [3.05, 3.63) is 23.8 Å². The van der Waals surface area contributed by atoms with Gasteiger partial charge < -0.3 is 10.8 Å². The Bertz CT molecular complexity index is 537. The molecule has 0 amide bonds. The van der Waals surface area contributed by atoms with Gasteiger partial charge >= 0.3 is 0 Å². The molecule has 5 nitrogen and oxygen atoms in total. The monoisotopic (exact) mass is 286 g/mol. The van der Waals surface area contributed by atoms with Gasteiger partial charge in [-0.05, 0) is 43.5 Å². The number of sulfonamides is 1. The number of nitrogen functional groups attached to an aromatic ring is 1. The Morgan fingerprint density at radius 1 is 1.32 bits per heavy atom. The van der Waals surface area contributed by atoms with Crippen LogP contribution in [0.3, 0.4) is 0 Å². The lowest BCUT2D eigenvalue weighted by molar-refractivity contribution is 0.0377. The molecule has 108 valence electrons. The van der Waals surface area contributed by atoms with Crippen LogP contribution in [0, 0.1) is 6.92 Å². The second-order valence-electron chi connectivity index (χ2n) is 4.78. The standard InChI is InChI=1S/C13H22N2O3S/c1-4-13(16,5-2)9-15-19(17,18)12-7-6-11(14)8-10(12)3/h6-8,15-16H,4-5,9,14H2,1-3H3. The number of aliphatic hydroxyl groups is 1. The Balaban J connectivity index is 2.93. The number of aryl methyl sites for hydroxylation is 1. The summed E-state index contributed by atoms with van der Waals surface area (Å²) in [6, 6.07) is 4.64. The summed E-state index contributed by atoms with van der Waals surface area (Å²) in [5.41, 5.74) is 5.71. The van der Waals surface area contributed by atoms with Crippen molar-refractivity contribution in [1.29, 1.82) is 0 Å². The van der Waals surface area contributed by atoms with Crippen molar-refractivity contribution in [2.75, 3.05) is 12.3 Å². The van der Waals surface area contributed by atoms with E-state index in [-0.39, 0.29) is 11.4 Å². The minimum Gasteiger partial charge on any atom is -0.399 e. The SMILES string of the molecule is CCC(O)(CC)CNS(=O)(=O)c1ccc(N)cc1C. The number of anilines is 1. The summed E-state index contributed by atoms with van der Waals surface area (Å²) >= 11 is 0. The second kappa shape index (κ2) is 5.90. The first-order valence-electron chi connectivity index (χ1n) is 6.32. The Morgan fingerprint density at radius 2 is 1.89 bits per heavy atom. The minimum absolute atomic E-state index is 0.00610. The molecule has 1 aromatic carbocycles. The van der Waals surface area contributed by atoms with Gasteiger partial charge in [0.05, 0.1) is 10.5 Å².